The first-order chi connectivity index (χ1) is 8.04. The van der Waals surface area contributed by atoms with Crippen LogP contribution in [0.4, 0.5) is 5.95 Å². The monoisotopic (exact) mass is 239 g/mol. The van der Waals surface area contributed by atoms with E-state index >= 15 is 0 Å². The van der Waals surface area contributed by atoms with E-state index in [2.05, 4.69) is 14.7 Å². The van der Waals surface area contributed by atoms with E-state index < -0.39 is 12.0 Å². The van der Waals surface area contributed by atoms with Gasteiger partial charge in [-0.3, -0.25) is 4.79 Å². The zero-order valence-electron chi connectivity index (χ0n) is 10.2. The van der Waals surface area contributed by atoms with Gasteiger partial charge in [0.05, 0.1) is 20.0 Å². The number of aliphatic imine (C=N–C) groups is 1. The lowest BCUT2D eigenvalue weighted by Crippen LogP contribution is -2.35. The van der Waals surface area contributed by atoms with Gasteiger partial charge in [-0.05, 0) is 0 Å². The third kappa shape index (κ3) is 3.87. The van der Waals surface area contributed by atoms with Crippen molar-refractivity contribution in [2.24, 2.45) is 10.7 Å². The highest BCUT2D eigenvalue weighted by molar-refractivity contribution is 5.75. The van der Waals surface area contributed by atoms with Gasteiger partial charge in [-0.1, -0.05) is 0 Å². The molecule has 0 aliphatic heterocycles. The highest BCUT2D eigenvalue weighted by Gasteiger charge is 2.15. The summed E-state index contributed by atoms with van der Waals surface area (Å²) in [6.07, 6.45) is 4.94. The fraction of sp³-hybridized carbons (Fsp3) is 0.500. The SMILES string of the molecule is COC(=O)[C@@H](N)Cn1ccnc1N=CN(C)C. The fourth-order valence-corrected chi connectivity index (χ4v) is 1.18. The number of imidazole rings is 1. The van der Waals surface area contributed by atoms with Crippen LogP contribution in [0.2, 0.25) is 0 Å². The van der Waals surface area contributed by atoms with E-state index in [4.69, 9.17) is 5.73 Å². The molecule has 0 amide bonds. The van der Waals surface area contributed by atoms with Gasteiger partial charge in [0.25, 0.3) is 0 Å². The lowest BCUT2D eigenvalue weighted by Gasteiger charge is -2.11. The number of hydrogen-bond donors (Lipinski definition) is 1. The Hall–Kier alpha value is -1.89. The lowest BCUT2D eigenvalue weighted by atomic mass is 10.3. The average molecular weight is 239 g/mol. The number of nitrogens with zero attached hydrogens (tertiary/aromatic N) is 4. The van der Waals surface area contributed by atoms with Crippen molar-refractivity contribution < 1.29 is 9.53 Å². The van der Waals surface area contributed by atoms with Crippen molar-refractivity contribution in [2.75, 3.05) is 21.2 Å². The van der Waals surface area contributed by atoms with E-state index in [1.165, 1.54) is 7.11 Å². The average Bonchev–Trinajstić information content (AvgIpc) is 2.72. The molecule has 0 saturated carbocycles. The van der Waals surface area contributed by atoms with Crippen molar-refractivity contribution in [3.8, 4) is 0 Å². The van der Waals surface area contributed by atoms with Gasteiger partial charge in [-0.25, -0.2) is 9.98 Å². The standard InChI is InChI=1S/C10H17N5O2/c1-14(2)7-13-10-12-4-5-15(10)6-8(11)9(16)17-3/h4-5,7-8H,6,11H2,1-3H3/t8-/m0/s1. The molecule has 1 rings (SSSR count). The van der Waals surface area contributed by atoms with Crippen molar-refractivity contribution in [3.63, 3.8) is 0 Å². The van der Waals surface area contributed by atoms with E-state index in [-0.39, 0.29) is 6.54 Å². The number of hydrogen-bond acceptors (Lipinski definition) is 5. The molecule has 7 nitrogen and oxygen atoms in total. The summed E-state index contributed by atoms with van der Waals surface area (Å²) in [5.41, 5.74) is 5.66. The van der Waals surface area contributed by atoms with E-state index in [9.17, 15) is 4.79 Å². The van der Waals surface area contributed by atoms with Crippen molar-refractivity contribution in [1.29, 1.82) is 0 Å². The maximum atomic E-state index is 11.2. The van der Waals surface area contributed by atoms with Crippen LogP contribution in [0.3, 0.4) is 0 Å². The van der Waals surface area contributed by atoms with Gasteiger partial charge in [0, 0.05) is 26.5 Å². The summed E-state index contributed by atoms with van der Waals surface area (Å²) >= 11 is 0. The Bertz CT molecular complexity index is 399. The molecule has 94 valence electrons. The number of aromatic nitrogens is 2. The van der Waals surface area contributed by atoms with Gasteiger partial charge in [-0.2, -0.15) is 0 Å². The van der Waals surface area contributed by atoms with Crippen LogP contribution in [-0.2, 0) is 16.1 Å². The normalized spacial score (nSPS) is 12.7. The summed E-state index contributed by atoms with van der Waals surface area (Å²) in [6, 6.07) is -0.720. The molecule has 0 unspecified atom stereocenters. The Morgan fingerprint density at radius 3 is 3.06 bits per heavy atom. The highest BCUT2D eigenvalue weighted by atomic mass is 16.5. The highest BCUT2D eigenvalue weighted by Crippen LogP contribution is 2.08. The van der Waals surface area contributed by atoms with E-state index in [1.807, 2.05) is 14.1 Å². The summed E-state index contributed by atoms with van der Waals surface area (Å²) in [5, 5.41) is 0. The second kappa shape index (κ2) is 6.00. The zero-order chi connectivity index (χ0) is 12.8. The van der Waals surface area contributed by atoms with Crippen LogP contribution in [0.25, 0.3) is 0 Å². The molecule has 0 aliphatic carbocycles. The molecule has 0 spiro atoms. The van der Waals surface area contributed by atoms with Crippen molar-refractivity contribution >= 4 is 18.3 Å². The van der Waals surface area contributed by atoms with Gasteiger partial charge in [0.1, 0.15) is 6.04 Å². The second-order valence-corrected chi connectivity index (χ2v) is 3.72. The van der Waals surface area contributed by atoms with Crippen LogP contribution in [0, 0.1) is 0 Å². The zero-order valence-corrected chi connectivity index (χ0v) is 10.2. The molecule has 0 saturated heterocycles. The minimum Gasteiger partial charge on any atom is -0.468 e. The minimum atomic E-state index is -0.720. The van der Waals surface area contributed by atoms with Gasteiger partial charge in [0.15, 0.2) is 0 Å². The first-order valence-corrected chi connectivity index (χ1v) is 5.09. The molecule has 0 aromatic carbocycles. The summed E-state index contributed by atoms with van der Waals surface area (Å²) in [6.45, 7) is 0.284. The maximum Gasteiger partial charge on any atom is 0.324 e. The molecular formula is C10H17N5O2. The Morgan fingerprint density at radius 2 is 2.47 bits per heavy atom. The fourth-order valence-electron chi connectivity index (χ4n) is 1.18. The quantitative estimate of drug-likeness (QED) is 0.429. The molecule has 1 aromatic heterocycles. The summed E-state index contributed by atoms with van der Waals surface area (Å²) < 4.78 is 6.25. The third-order valence-corrected chi connectivity index (χ3v) is 1.99. The molecule has 17 heavy (non-hydrogen) atoms. The van der Waals surface area contributed by atoms with Crippen LogP contribution in [0.15, 0.2) is 17.4 Å². The van der Waals surface area contributed by atoms with Crippen LogP contribution < -0.4 is 5.73 Å². The van der Waals surface area contributed by atoms with Crippen molar-refractivity contribution in [3.05, 3.63) is 12.4 Å². The number of ether oxygens (including phenoxy) is 1. The van der Waals surface area contributed by atoms with Crippen molar-refractivity contribution in [1.82, 2.24) is 14.5 Å². The van der Waals surface area contributed by atoms with Crippen LogP contribution in [-0.4, -0.2) is 54.0 Å². The van der Waals surface area contributed by atoms with Gasteiger partial charge in [0.2, 0.25) is 5.95 Å². The summed E-state index contributed by atoms with van der Waals surface area (Å²) in [4.78, 5) is 21.2. The molecule has 1 heterocycles. The van der Waals surface area contributed by atoms with Gasteiger partial charge in [-0.15, -0.1) is 0 Å². The summed E-state index contributed by atoms with van der Waals surface area (Å²) in [5.74, 6) is 0.0410. The predicted octanol–water partition coefficient (Wildman–Crippen LogP) is -0.395. The number of rotatable bonds is 5. The van der Waals surface area contributed by atoms with Gasteiger partial charge < -0.3 is 19.9 Å². The number of nitrogens with two attached hydrogens (primary N) is 1. The molecule has 0 bridgehead atoms. The number of carbonyl (C=O) groups excluding carboxylic acids is 1. The maximum absolute atomic E-state index is 11.2. The Balaban J connectivity index is 2.72. The Morgan fingerprint density at radius 1 is 1.76 bits per heavy atom. The molecule has 7 heteroatoms. The van der Waals surface area contributed by atoms with Crippen molar-refractivity contribution in [2.45, 2.75) is 12.6 Å². The molecule has 1 atom stereocenters. The molecule has 0 radical (unpaired) electrons. The molecular weight excluding hydrogens is 222 g/mol. The van der Waals surface area contributed by atoms with Crippen LogP contribution in [0.1, 0.15) is 0 Å². The first kappa shape index (κ1) is 13.2. The predicted molar refractivity (Wildman–Crippen MR) is 64.1 cm³/mol. The van der Waals surface area contributed by atoms with E-state index in [1.54, 1.807) is 28.2 Å². The minimum absolute atomic E-state index is 0.284. The Labute approximate surface area is 99.9 Å². The topological polar surface area (TPSA) is 85.7 Å². The largest absolute Gasteiger partial charge is 0.468 e. The number of carbonyl (C=O) groups is 1. The third-order valence-electron chi connectivity index (χ3n) is 1.99. The van der Waals surface area contributed by atoms with E-state index in [0.29, 0.717) is 5.95 Å². The Kier molecular flexibility index (Phi) is 4.65. The molecule has 1 aromatic rings. The second-order valence-electron chi connectivity index (χ2n) is 3.72. The molecule has 0 fully saturated rings. The van der Waals surface area contributed by atoms with Gasteiger partial charge >= 0.3 is 5.97 Å². The number of esters is 1. The molecule has 0 aliphatic rings. The van der Waals surface area contributed by atoms with Crippen LogP contribution in [0.5, 0.6) is 0 Å². The summed E-state index contributed by atoms with van der Waals surface area (Å²) in [7, 11) is 5.02. The first-order valence-electron chi connectivity index (χ1n) is 5.09. The lowest BCUT2D eigenvalue weighted by molar-refractivity contribution is -0.142. The smallest absolute Gasteiger partial charge is 0.324 e. The van der Waals surface area contributed by atoms with Crippen LogP contribution >= 0.6 is 0 Å². The molecule has 2 N–H and O–H groups in total. The van der Waals surface area contributed by atoms with E-state index in [0.717, 1.165) is 0 Å². The number of methoxy groups -OCH3 is 1.